The molecule has 0 aliphatic carbocycles. The molecule has 0 atom stereocenters. The summed E-state index contributed by atoms with van der Waals surface area (Å²) in [6.07, 6.45) is -8.74. The molecule has 4 rings (SSSR count). The number of rotatable bonds is 4. The Morgan fingerprint density at radius 3 is 2.11 bits per heavy atom. The van der Waals surface area contributed by atoms with E-state index in [1.807, 2.05) is 4.72 Å². The van der Waals surface area contributed by atoms with Gasteiger partial charge in [-0.05, 0) is 47.5 Å². The van der Waals surface area contributed by atoms with Crippen molar-refractivity contribution in [2.75, 3.05) is 0 Å². The van der Waals surface area contributed by atoms with Gasteiger partial charge in [-0.25, -0.2) is 13.1 Å². The molecule has 0 radical (unpaired) electrons. The number of hydrogen-bond donors (Lipinski definition) is 1. The van der Waals surface area contributed by atoms with Crippen LogP contribution in [0.15, 0.2) is 83.9 Å². The number of carbonyl (C=O) groups is 1. The van der Waals surface area contributed by atoms with E-state index in [1.165, 1.54) is 12.3 Å². The van der Waals surface area contributed by atoms with Gasteiger partial charge in [-0.2, -0.15) is 26.3 Å². The van der Waals surface area contributed by atoms with Crippen molar-refractivity contribution in [1.29, 1.82) is 0 Å². The van der Waals surface area contributed by atoms with Crippen LogP contribution in [0.3, 0.4) is 0 Å². The van der Waals surface area contributed by atoms with Crippen LogP contribution in [0.1, 0.15) is 21.5 Å². The number of aromatic nitrogens is 1. The largest absolute Gasteiger partial charge is 0.417 e. The van der Waals surface area contributed by atoms with E-state index < -0.39 is 49.9 Å². The van der Waals surface area contributed by atoms with Crippen LogP contribution in [0.2, 0.25) is 0 Å². The zero-order chi connectivity index (χ0) is 26.3. The highest BCUT2D eigenvalue weighted by atomic mass is 32.2. The number of nitrogens with zero attached hydrogens (tertiary/aromatic N) is 1. The van der Waals surface area contributed by atoms with Crippen molar-refractivity contribution in [3.63, 3.8) is 0 Å². The van der Waals surface area contributed by atoms with Crippen molar-refractivity contribution in [1.82, 2.24) is 9.71 Å². The number of pyridine rings is 1. The zero-order valence-corrected chi connectivity index (χ0v) is 18.7. The van der Waals surface area contributed by atoms with Gasteiger partial charge in [0, 0.05) is 11.6 Å². The first-order valence-electron chi connectivity index (χ1n) is 10.1. The zero-order valence-electron chi connectivity index (χ0n) is 17.9. The highest BCUT2D eigenvalue weighted by molar-refractivity contribution is 7.90. The molecule has 0 spiro atoms. The van der Waals surface area contributed by atoms with Gasteiger partial charge in [0.25, 0.3) is 15.9 Å². The molecule has 1 N–H and O–H groups in total. The van der Waals surface area contributed by atoms with Gasteiger partial charge in [-0.15, -0.1) is 0 Å². The molecule has 5 nitrogen and oxygen atoms in total. The minimum absolute atomic E-state index is 0.000745. The molecule has 0 saturated carbocycles. The van der Waals surface area contributed by atoms with Crippen molar-refractivity contribution >= 4 is 26.8 Å². The second-order valence-corrected chi connectivity index (χ2v) is 9.27. The summed E-state index contributed by atoms with van der Waals surface area (Å²) >= 11 is 0. The molecule has 12 heteroatoms. The predicted molar refractivity (Wildman–Crippen MR) is 118 cm³/mol. The number of sulfonamides is 1. The van der Waals surface area contributed by atoms with Crippen LogP contribution in [0.4, 0.5) is 26.3 Å². The SMILES string of the molecule is O=C(NS(=O)(=O)c1ccc(-c2ccc(C(F)(F)F)cc2C(F)(F)F)cc1)c1ccnc2ccccc12. The Labute approximate surface area is 200 Å². The highest BCUT2D eigenvalue weighted by Crippen LogP contribution is 2.41. The number of hydrogen-bond acceptors (Lipinski definition) is 4. The fourth-order valence-electron chi connectivity index (χ4n) is 3.55. The molecule has 36 heavy (non-hydrogen) atoms. The summed E-state index contributed by atoms with van der Waals surface area (Å²) in [5, 5.41) is 0.407. The van der Waals surface area contributed by atoms with Crippen LogP contribution in [0.25, 0.3) is 22.0 Å². The molecular weight excluding hydrogens is 510 g/mol. The van der Waals surface area contributed by atoms with Gasteiger partial charge in [-0.3, -0.25) is 9.78 Å². The second-order valence-electron chi connectivity index (χ2n) is 7.59. The highest BCUT2D eigenvalue weighted by Gasteiger charge is 2.38. The van der Waals surface area contributed by atoms with Crippen molar-refractivity contribution in [3.8, 4) is 11.1 Å². The van der Waals surface area contributed by atoms with Crippen molar-refractivity contribution in [3.05, 3.63) is 95.7 Å². The van der Waals surface area contributed by atoms with E-state index in [0.717, 1.165) is 24.3 Å². The molecular formula is C24H14F6N2O3S. The lowest BCUT2D eigenvalue weighted by Crippen LogP contribution is -2.30. The Hall–Kier alpha value is -3.93. The van der Waals surface area contributed by atoms with Gasteiger partial charge in [-0.1, -0.05) is 36.4 Å². The number of benzene rings is 3. The van der Waals surface area contributed by atoms with E-state index in [1.54, 1.807) is 24.3 Å². The van der Waals surface area contributed by atoms with E-state index in [2.05, 4.69) is 4.98 Å². The number of alkyl halides is 6. The maximum atomic E-state index is 13.5. The smallest absolute Gasteiger partial charge is 0.268 e. The minimum Gasteiger partial charge on any atom is -0.268 e. The molecule has 0 aliphatic heterocycles. The normalized spacial score (nSPS) is 12.5. The fourth-order valence-corrected chi connectivity index (χ4v) is 4.52. The Bertz CT molecular complexity index is 1560. The number of para-hydroxylation sites is 1. The first-order valence-corrected chi connectivity index (χ1v) is 11.6. The van der Waals surface area contributed by atoms with Crippen LogP contribution >= 0.6 is 0 Å². The molecule has 1 heterocycles. The average molecular weight is 524 g/mol. The molecule has 1 amide bonds. The minimum atomic E-state index is -5.09. The molecule has 0 saturated heterocycles. The predicted octanol–water partition coefficient (Wildman–Crippen LogP) is 6.06. The monoisotopic (exact) mass is 524 g/mol. The second kappa shape index (κ2) is 8.94. The number of nitrogens with one attached hydrogen (secondary N) is 1. The topological polar surface area (TPSA) is 76.1 Å². The third-order valence-electron chi connectivity index (χ3n) is 5.25. The van der Waals surface area contributed by atoms with Gasteiger partial charge in [0.05, 0.1) is 27.1 Å². The molecule has 1 aromatic heterocycles. The summed E-state index contributed by atoms with van der Waals surface area (Å²) in [6.45, 7) is 0. The van der Waals surface area contributed by atoms with Gasteiger partial charge in [0.2, 0.25) is 0 Å². The lowest BCUT2D eigenvalue weighted by molar-refractivity contribution is -0.142. The van der Waals surface area contributed by atoms with Crippen LogP contribution in [0, 0.1) is 0 Å². The molecule has 0 bridgehead atoms. The number of fused-ring (bicyclic) bond motifs is 1. The molecule has 0 unspecified atom stereocenters. The van der Waals surface area contributed by atoms with Crippen molar-refractivity contribution in [2.24, 2.45) is 0 Å². The van der Waals surface area contributed by atoms with E-state index in [9.17, 15) is 39.6 Å². The van der Waals surface area contributed by atoms with Crippen LogP contribution in [0.5, 0.6) is 0 Å². The molecule has 0 aliphatic rings. The number of carbonyl (C=O) groups excluding carboxylic acids is 1. The van der Waals surface area contributed by atoms with E-state index in [4.69, 9.17) is 0 Å². The van der Waals surface area contributed by atoms with E-state index >= 15 is 0 Å². The van der Waals surface area contributed by atoms with Crippen LogP contribution in [-0.4, -0.2) is 19.3 Å². The van der Waals surface area contributed by atoms with E-state index in [-0.39, 0.29) is 17.2 Å². The Kier molecular flexibility index (Phi) is 6.25. The summed E-state index contributed by atoms with van der Waals surface area (Å²) in [5.41, 5.74) is -3.22. The molecule has 186 valence electrons. The van der Waals surface area contributed by atoms with Crippen molar-refractivity contribution < 1.29 is 39.6 Å². The standard InChI is InChI=1S/C24H14F6N2O3S/c25-23(26,27)15-7-10-17(20(13-15)24(28,29)30)14-5-8-16(9-6-14)36(34,35)32-22(33)19-11-12-31-21-4-2-1-3-18(19)21/h1-13H,(H,32,33). The quantitative estimate of drug-likeness (QED) is 0.330. The summed E-state index contributed by atoms with van der Waals surface area (Å²) in [6, 6.07) is 13.0. The maximum Gasteiger partial charge on any atom is 0.417 e. The fraction of sp³-hybridized carbons (Fsp3) is 0.0833. The average Bonchev–Trinajstić information content (AvgIpc) is 2.82. The number of amides is 1. The van der Waals surface area contributed by atoms with E-state index in [0.29, 0.717) is 23.0 Å². The molecule has 3 aromatic carbocycles. The van der Waals surface area contributed by atoms with Gasteiger partial charge < -0.3 is 0 Å². The Morgan fingerprint density at radius 2 is 1.47 bits per heavy atom. The van der Waals surface area contributed by atoms with Crippen molar-refractivity contribution in [2.45, 2.75) is 17.2 Å². The summed E-state index contributed by atoms with van der Waals surface area (Å²) in [7, 11) is -4.43. The first kappa shape index (κ1) is 25.2. The third-order valence-corrected chi connectivity index (χ3v) is 6.60. The number of halogens is 6. The van der Waals surface area contributed by atoms with Crippen LogP contribution in [-0.2, 0) is 22.4 Å². The van der Waals surface area contributed by atoms with Gasteiger partial charge in [0.1, 0.15) is 0 Å². The lowest BCUT2D eigenvalue weighted by Gasteiger charge is -2.16. The van der Waals surface area contributed by atoms with Gasteiger partial charge in [0.15, 0.2) is 0 Å². The van der Waals surface area contributed by atoms with Gasteiger partial charge >= 0.3 is 12.4 Å². The van der Waals surface area contributed by atoms with Crippen LogP contribution < -0.4 is 4.72 Å². The first-order chi connectivity index (χ1) is 16.8. The summed E-state index contributed by atoms with van der Waals surface area (Å²) in [5.74, 6) is -0.945. The Morgan fingerprint density at radius 1 is 0.806 bits per heavy atom. The molecule has 4 aromatic rings. The maximum absolute atomic E-state index is 13.5. The Balaban J connectivity index is 1.65. The summed E-state index contributed by atoms with van der Waals surface area (Å²) in [4.78, 5) is 16.3. The molecule has 0 fully saturated rings. The third kappa shape index (κ3) is 5.03. The lowest BCUT2D eigenvalue weighted by atomic mass is 9.97. The summed E-state index contributed by atoms with van der Waals surface area (Å²) < 4.78 is 107.